The number of rotatable bonds is 7. The second-order valence-electron chi connectivity index (χ2n) is 5.15. The number of carbonyl (C=O) groups is 2. The second-order valence-corrected chi connectivity index (χ2v) is 5.15. The molecule has 1 amide bonds. The summed E-state index contributed by atoms with van der Waals surface area (Å²) in [6.45, 7) is 1.02. The van der Waals surface area contributed by atoms with Gasteiger partial charge in [0.2, 0.25) is 0 Å². The van der Waals surface area contributed by atoms with E-state index in [0.29, 0.717) is 19.6 Å². The van der Waals surface area contributed by atoms with Gasteiger partial charge in [0.15, 0.2) is 0 Å². The highest BCUT2D eigenvalue weighted by Crippen LogP contribution is 2.17. The maximum Gasteiger partial charge on any atom is 0.410 e. The molecular formula is C17H21NO4. The molecule has 1 aliphatic rings. The SMILES string of the molecule is COC(=O)CC=CCCN1C(=O)OC[C@@H]1Cc1ccccc1. The Hall–Kier alpha value is -2.30. The van der Waals surface area contributed by atoms with Crippen LogP contribution in [-0.4, -0.2) is 43.3 Å². The van der Waals surface area contributed by atoms with Crippen molar-refractivity contribution in [2.45, 2.75) is 25.3 Å². The number of amides is 1. The van der Waals surface area contributed by atoms with Gasteiger partial charge in [0.25, 0.3) is 0 Å². The van der Waals surface area contributed by atoms with E-state index in [4.69, 9.17) is 4.74 Å². The lowest BCUT2D eigenvalue weighted by Crippen LogP contribution is -2.35. The average Bonchev–Trinajstić information content (AvgIpc) is 2.88. The molecule has 2 rings (SSSR count). The molecule has 1 fully saturated rings. The van der Waals surface area contributed by atoms with Crippen LogP contribution in [0.5, 0.6) is 0 Å². The van der Waals surface area contributed by atoms with Gasteiger partial charge in [-0.05, 0) is 18.4 Å². The van der Waals surface area contributed by atoms with Crippen LogP contribution < -0.4 is 0 Å². The average molecular weight is 303 g/mol. The van der Waals surface area contributed by atoms with E-state index in [0.717, 1.165) is 6.42 Å². The summed E-state index contributed by atoms with van der Waals surface area (Å²) in [4.78, 5) is 24.5. The molecule has 0 radical (unpaired) electrons. The first-order valence-electron chi connectivity index (χ1n) is 7.40. The van der Waals surface area contributed by atoms with Gasteiger partial charge >= 0.3 is 12.1 Å². The molecule has 0 N–H and O–H groups in total. The predicted octanol–water partition coefficient (Wildman–Crippen LogP) is 2.56. The minimum absolute atomic E-state index is 0.0731. The Labute approximate surface area is 130 Å². The van der Waals surface area contributed by atoms with Crippen molar-refractivity contribution in [1.29, 1.82) is 0 Å². The van der Waals surface area contributed by atoms with Crippen LogP contribution in [0.3, 0.4) is 0 Å². The van der Waals surface area contributed by atoms with Crippen LogP contribution in [-0.2, 0) is 20.7 Å². The first-order chi connectivity index (χ1) is 10.7. The normalized spacial score (nSPS) is 17.8. The number of hydrogen-bond acceptors (Lipinski definition) is 4. The molecular weight excluding hydrogens is 282 g/mol. The molecule has 1 heterocycles. The number of benzene rings is 1. The molecule has 5 heteroatoms. The highest BCUT2D eigenvalue weighted by atomic mass is 16.6. The van der Waals surface area contributed by atoms with Gasteiger partial charge in [-0.25, -0.2) is 4.79 Å². The van der Waals surface area contributed by atoms with Crippen molar-refractivity contribution in [2.24, 2.45) is 0 Å². The van der Waals surface area contributed by atoms with E-state index >= 15 is 0 Å². The van der Waals surface area contributed by atoms with Gasteiger partial charge in [-0.15, -0.1) is 0 Å². The van der Waals surface area contributed by atoms with Gasteiger partial charge in [-0.2, -0.15) is 0 Å². The Morgan fingerprint density at radius 1 is 1.36 bits per heavy atom. The lowest BCUT2D eigenvalue weighted by molar-refractivity contribution is -0.139. The summed E-state index contributed by atoms with van der Waals surface area (Å²) in [6.07, 6.45) is 5.13. The van der Waals surface area contributed by atoms with Crippen LogP contribution in [0.15, 0.2) is 42.5 Å². The predicted molar refractivity (Wildman–Crippen MR) is 82.4 cm³/mol. The molecule has 1 atom stereocenters. The summed E-state index contributed by atoms with van der Waals surface area (Å²) < 4.78 is 9.71. The number of carbonyl (C=O) groups excluding carboxylic acids is 2. The van der Waals surface area contributed by atoms with Gasteiger partial charge in [-0.1, -0.05) is 42.5 Å². The van der Waals surface area contributed by atoms with Crippen LogP contribution in [0.25, 0.3) is 0 Å². The summed E-state index contributed by atoms with van der Waals surface area (Å²) >= 11 is 0. The van der Waals surface area contributed by atoms with Crippen molar-refractivity contribution in [3.63, 3.8) is 0 Å². The quantitative estimate of drug-likeness (QED) is 0.574. The van der Waals surface area contributed by atoms with Gasteiger partial charge in [0, 0.05) is 6.54 Å². The fourth-order valence-electron chi connectivity index (χ4n) is 2.41. The third-order valence-corrected chi connectivity index (χ3v) is 3.60. The largest absolute Gasteiger partial charge is 0.469 e. The number of esters is 1. The zero-order valence-corrected chi connectivity index (χ0v) is 12.7. The van der Waals surface area contributed by atoms with Crippen molar-refractivity contribution < 1.29 is 19.1 Å². The Morgan fingerprint density at radius 3 is 2.86 bits per heavy atom. The van der Waals surface area contributed by atoms with E-state index in [-0.39, 0.29) is 24.5 Å². The zero-order valence-electron chi connectivity index (χ0n) is 12.7. The Balaban J connectivity index is 1.82. The number of nitrogens with zero attached hydrogens (tertiary/aromatic N) is 1. The molecule has 118 valence electrons. The highest BCUT2D eigenvalue weighted by Gasteiger charge is 2.32. The standard InChI is InChI=1S/C17H21NO4/c1-21-16(19)10-6-3-7-11-18-15(13-22-17(18)20)12-14-8-4-2-5-9-14/h2-6,8-9,15H,7,10-13H2,1H3/t15-/m0/s1. The summed E-state index contributed by atoms with van der Waals surface area (Å²) in [7, 11) is 1.37. The van der Waals surface area contributed by atoms with Crippen LogP contribution >= 0.6 is 0 Å². The van der Waals surface area contributed by atoms with Crippen molar-refractivity contribution in [1.82, 2.24) is 4.90 Å². The number of ether oxygens (including phenoxy) is 2. The number of cyclic esters (lactones) is 1. The minimum Gasteiger partial charge on any atom is -0.469 e. The van der Waals surface area contributed by atoms with Crippen LogP contribution in [0.1, 0.15) is 18.4 Å². The molecule has 0 saturated carbocycles. The smallest absolute Gasteiger partial charge is 0.410 e. The molecule has 0 unspecified atom stereocenters. The Morgan fingerprint density at radius 2 is 2.14 bits per heavy atom. The van der Waals surface area contributed by atoms with Crippen LogP contribution in [0, 0.1) is 0 Å². The molecule has 1 saturated heterocycles. The first kappa shape index (κ1) is 16.1. The zero-order chi connectivity index (χ0) is 15.8. The fraction of sp³-hybridized carbons (Fsp3) is 0.412. The van der Waals surface area contributed by atoms with Crippen molar-refractivity contribution >= 4 is 12.1 Å². The molecule has 0 aromatic heterocycles. The number of hydrogen-bond donors (Lipinski definition) is 0. The van der Waals surface area contributed by atoms with Crippen LogP contribution in [0.4, 0.5) is 4.79 Å². The topological polar surface area (TPSA) is 55.8 Å². The molecule has 1 aromatic carbocycles. The maximum absolute atomic E-state index is 11.8. The molecule has 1 aliphatic heterocycles. The molecule has 22 heavy (non-hydrogen) atoms. The van der Waals surface area contributed by atoms with Crippen molar-refractivity contribution in [3.05, 3.63) is 48.0 Å². The Kier molecular flexibility index (Phi) is 6.01. The monoisotopic (exact) mass is 303 g/mol. The lowest BCUT2D eigenvalue weighted by atomic mass is 10.1. The molecule has 0 spiro atoms. The van der Waals surface area contributed by atoms with Crippen molar-refractivity contribution in [3.8, 4) is 0 Å². The third kappa shape index (κ3) is 4.62. The van der Waals surface area contributed by atoms with E-state index in [1.165, 1.54) is 12.7 Å². The van der Waals surface area contributed by atoms with E-state index in [1.807, 2.05) is 24.3 Å². The Bertz CT molecular complexity index is 527. The summed E-state index contributed by atoms with van der Waals surface area (Å²) in [5.74, 6) is -0.265. The summed E-state index contributed by atoms with van der Waals surface area (Å²) in [6, 6.07) is 10.1. The van der Waals surface area contributed by atoms with E-state index in [9.17, 15) is 9.59 Å². The second kappa shape index (κ2) is 8.22. The van der Waals surface area contributed by atoms with E-state index < -0.39 is 0 Å². The molecule has 1 aromatic rings. The number of methoxy groups -OCH3 is 1. The highest BCUT2D eigenvalue weighted by molar-refractivity contribution is 5.71. The van der Waals surface area contributed by atoms with Gasteiger partial charge in [0.1, 0.15) is 6.61 Å². The van der Waals surface area contributed by atoms with Gasteiger partial charge in [0.05, 0.1) is 19.6 Å². The van der Waals surface area contributed by atoms with Crippen LogP contribution in [0.2, 0.25) is 0 Å². The van der Waals surface area contributed by atoms with Gasteiger partial charge in [-0.3, -0.25) is 4.79 Å². The molecule has 0 aliphatic carbocycles. The maximum atomic E-state index is 11.8. The van der Waals surface area contributed by atoms with Gasteiger partial charge < -0.3 is 14.4 Å². The molecule has 5 nitrogen and oxygen atoms in total. The summed E-state index contributed by atoms with van der Waals surface area (Å²) in [5.41, 5.74) is 1.19. The van der Waals surface area contributed by atoms with E-state index in [1.54, 1.807) is 11.0 Å². The summed E-state index contributed by atoms with van der Waals surface area (Å²) in [5, 5.41) is 0. The van der Waals surface area contributed by atoms with Crippen molar-refractivity contribution in [2.75, 3.05) is 20.3 Å². The molecule has 0 bridgehead atoms. The fourth-order valence-corrected chi connectivity index (χ4v) is 2.41. The first-order valence-corrected chi connectivity index (χ1v) is 7.40. The van der Waals surface area contributed by atoms with E-state index in [2.05, 4.69) is 16.9 Å². The lowest BCUT2D eigenvalue weighted by Gasteiger charge is -2.20. The minimum atomic E-state index is -0.265. The third-order valence-electron chi connectivity index (χ3n) is 3.60.